The number of rotatable bonds is 5. The molecule has 1 aromatic carbocycles. The third-order valence-electron chi connectivity index (χ3n) is 2.40. The van der Waals surface area contributed by atoms with E-state index in [4.69, 9.17) is 0 Å². The highest BCUT2D eigenvalue weighted by Gasteiger charge is 2.08. The largest absolute Gasteiger partial charge is 0.396 e. The van der Waals surface area contributed by atoms with E-state index in [1.54, 1.807) is 0 Å². The van der Waals surface area contributed by atoms with Crippen molar-refractivity contribution in [2.45, 2.75) is 32.1 Å². The van der Waals surface area contributed by atoms with Gasteiger partial charge in [-0.25, -0.2) is 0 Å². The Morgan fingerprint density at radius 3 is 2.46 bits per heavy atom. The summed E-state index contributed by atoms with van der Waals surface area (Å²) in [6.45, 7) is 2.45. The van der Waals surface area contributed by atoms with Crippen LogP contribution >= 0.6 is 0 Å². The molecular formula is C12H18O. The van der Waals surface area contributed by atoms with Crippen LogP contribution in [-0.4, -0.2) is 11.7 Å². The number of aliphatic hydroxyl groups excluding tert-OH is 1. The molecule has 0 saturated heterocycles. The van der Waals surface area contributed by atoms with Crippen molar-refractivity contribution < 1.29 is 5.11 Å². The topological polar surface area (TPSA) is 20.2 Å². The summed E-state index contributed by atoms with van der Waals surface area (Å²) in [5.41, 5.74) is 1.26. The summed E-state index contributed by atoms with van der Waals surface area (Å²) in [7, 11) is 0. The van der Waals surface area contributed by atoms with E-state index in [2.05, 4.69) is 19.1 Å². The van der Waals surface area contributed by atoms with Crippen LogP contribution in [0.25, 0.3) is 0 Å². The zero-order valence-corrected chi connectivity index (χ0v) is 8.24. The van der Waals surface area contributed by atoms with Crippen LogP contribution < -0.4 is 0 Å². The lowest BCUT2D eigenvalue weighted by Crippen LogP contribution is -2.03. The van der Waals surface area contributed by atoms with Crippen LogP contribution in [0.5, 0.6) is 0 Å². The first-order chi connectivity index (χ1) is 6.38. The molecule has 0 bridgehead atoms. The quantitative estimate of drug-likeness (QED) is 0.735. The van der Waals surface area contributed by atoms with Gasteiger partial charge in [0.1, 0.15) is 0 Å². The molecule has 1 rings (SSSR count). The number of aliphatic hydroxyl groups is 1. The summed E-state index contributed by atoms with van der Waals surface area (Å²) in [4.78, 5) is 0. The Morgan fingerprint density at radius 1 is 1.23 bits per heavy atom. The summed E-state index contributed by atoms with van der Waals surface area (Å²) >= 11 is 0. The first kappa shape index (κ1) is 10.3. The van der Waals surface area contributed by atoms with E-state index in [9.17, 15) is 5.11 Å². The average molecular weight is 178 g/mol. The molecule has 0 amide bonds. The molecule has 1 N–H and O–H groups in total. The van der Waals surface area contributed by atoms with Gasteiger partial charge in [0, 0.05) is 12.5 Å². The van der Waals surface area contributed by atoms with Crippen LogP contribution in [0.3, 0.4) is 0 Å². The maximum Gasteiger partial charge on any atom is 0.0499 e. The standard InChI is InChI=1S/C12H18O/c1-2-3-7-12(10-13)11-8-5-4-6-9-11/h4-6,8-9,12-13H,2-3,7,10H2,1H3/t12-/m1/s1. The van der Waals surface area contributed by atoms with Crippen molar-refractivity contribution in [2.75, 3.05) is 6.61 Å². The molecule has 1 heteroatoms. The fraction of sp³-hybridized carbons (Fsp3) is 0.500. The molecule has 0 aliphatic rings. The third-order valence-corrected chi connectivity index (χ3v) is 2.40. The molecule has 0 spiro atoms. The molecule has 1 nitrogen and oxygen atoms in total. The van der Waals surface area contributed by atoms with Gasteiger partial charge in [-0.05, 0) is 12.0 Å². The lowest BCUT2D eigenvalue weighted by atomic mass is 9.95. The highest BCUT2D eigenvalue weighted by molar-refractivity contribution is 5.19. The average Bonchev–Trinajstić information content (AvgIpc) is 2.21. The smallest absolute Gasteiger partial charge is 0.0499 e. The van der Waals surface area contributed by atoms with Crippen molar-refractivity contribution in [1.29, 1.82) is 0 Å². The van der Waals surface area contributed by atoms with Crippen molar-refractivity contribution in [3.05, 3.63) is 35.9 Å². The highest BCUT2D eigenvalue weighted by Crippen LogP contribution is 2.20. The number of hydrogen-bond acceptors (Lipinski definition) is 1. The minimum absolute atomic E-state index is 0.268. The van der Waals surface area contributed by atoms with Gasteiger partial charge in [-0.15, -0.1) is 0 Å². The Labute approximate surface area is 80.4 Å². The lowest BCUT2D eigenvalue weighted by Gasteiger charge is -2.13. The van der Waals surface area contributed by atoms with Crippen LogP contribution in [-0.2, 0) is 0 Å². The summed E-state index contributed by atoms with van der Waals surface area (Å²) in [5, 5.41) is 9.21. The Hall–Kier alpha value is -0.820. The van der Waals surface area contributed by atoms with E-state index >= 15 is 0 Å². The van der Waals surface area contributed by atoms with E-state index in [1.807, 2.05) is 18.2 Å². The van der Waals surface area contributed by atoms with Crippen LogP contribution in [0.2, 0.25) is 0 Å². The van der Waals surface area contributed by atoms with E-state index < -0.39 is 0 Å². The first-order valence-electron chi connectivity index (χ1n) is 5.04. The molecule has 0 aromatic heterocycles. The van der Waals surface area contributed by atoms with Gasteiger partial charge in [-0.1, -0.05) is 50.1 Å². The molecule has 0 heterocycles. The Kier molecular flexibility index (Phi) is 4.55. The molecular weight excluding hydrogens is 160 g/mol. The maximum absolute atomic E-state index is 9.21. The number of benzene rings is 1. The van der Waals surface area contributed by atoms with Crippen LogP contribution in [0, 0.1) is 0 Å². The fourth-order valence-electron chi connectivity index (χ4n) is 1.54. The van der Waals surface area contributed by atoms with Crippen LogP contribution in [0.1, 0.15) is 37.7 Å². The molecule has 0 unspecified atom stereocenters. The minimum atomic E-state index is 0.268. The van der Waals surface area contributed by atoms with Gasteiger partial charge < -0.3 is 5.11 Å². The third kappa shape index (κ3) is 3.19. The molecule has 0 aliphatic carbocycles. The summed E-state index contributed by atoms with van der Waals surface area (Å²) in [5.74, 6) is 0.334. The van der Waals surface area contributed by atoms with E-state index in [0.717, 1.165) is 6.42 Å². The van der Waals surface area contributed by atoms with Crippen molar-refractivity contribution in [2.24, 2.45) is 0 Å². The van der Waals surface area contributed by atoms with Gasteiger partial charge in [0.05, 0.1) is 0 Å². The zero-order chi connectivity index (χ0) is 9.52. The van der Waals surface area contributed by atoms with Crippen molar-refractivity contribution >= 4 is 0 Å². The van der Waals surface area contributed by atoms with Gasteiger partial charge >= 0.3 is 0 Å². The highest BCUT2D eigenvalue weighted by atomic mass is 16.3. The molecule has 1 atom stereocenters. The van der Waals surface area contributed by atoms with Gasteiger partial charge in [-0.3, -0.25) is 0 Å². The van der Waals surface area contributed by atoms with E-state index in [0.29, 0.717) is 5.92 Å². The fourth-order valence-corrected chi connectivity index (χ4v) is 1.54. The zero-order valence-electron chi connectivity index (χ0n) is 8.24. The summed E-state index contributed by atoms with van der Waals surface area (Å²) in [6.07, 6.45) is 3.49. The molecule has 1 aromatic rings. The molecule has 0 aliphatic heterocycles. The second kappa shape index (κ2) is 5.76. The Morgan fingerprint density at radius 2 is 1.92 bits per heavy atom. The van der Waals surface area contributed by atoms with Crippen molar-refractivity contribution in [1.82, 2.24) is 0 Å². The minimum Gasteiger partial charge on any atom is -0.396 e. The monoisotopic (exact) mass is 178 g/mol. The first-order valence-corrected chi connectivity index (χ1v) is 5.04. The second-order valence-corrected chi connectivity index (χ2v) is 3.43. The molecule has 72 valence electrons. The number of hydrogen-bond donors (Lipinski definition) is 1. The van der Waals surface area contributed by atoms with Gasteiger partial charge in [0.15, 0.2) is 0 Å². The molecule has 13 heavy (non-hydrogen) atoms. The van der Waals surface area contributed by atoms with E-state index in [-0.39, 0.29) is 6.61 Å². The predicted molar refractivity (Wildman–Crippen MR) is 55.8 cm³/mol. The lowest BCUT2D eigenvalue weighted by molar-refractivity contribution is 0.257. The predicted octanol–water partition coefficient (Wildman–Crippen LogP) is 2.95. The normalized spacial score (nSPS) is 12.8. The van der Waals surface area contributed by atoms with Crippen molar-refractivity contribution in [3.8, 4) is 0 Å². The molecule has 0 saturated carbocycles. The summed E-state index contributed by atoms with van der Waals surface area (Å²) in [6, 6.07) is 10.3. The number of unbranched alkanes of at least 4 members (excludes halogenated alkanes) is 1. The molecule has 0 radical (unpaired) electrons. The van der Waals surface area contributed by atoms with E-state index in [1.165, 1.54) is 18.4 Å². The second-order valence-electron chi connectivity index (χ2n) is 3.43. The SMILES string of the molecule is CCCC[C@H](CO)c1ccccc1. The maximum atomic E-state index is 9.21. The Balaban J connectivity index is 2.56. The van der Waals surface area contributed by atoms with Crippen molar-refractivity contribution in [3.63, 3.8) is 0 Å². The van der Waals surface area contributed by atoms with Gasteiger partial charge in [0.2, 0.25) is 0 Å². The Bertz CT molecular complexity index is 218. The summed E-state index contributed by atoms with van der Waals surface area (Å²) < 4.78 is 0. The van der Waals surface area contributed by atoms with Crippen LogP contribution in [0.15, 0.2) is 30.3 Å². The van der Waals surface area contributed by atoms with Gasteiger partial charge in [0.25, 0.3) is 0 Å². The van der Waals surface area contributed by atoms with Gasteiger partial charge in [-0.2, -0.15) is 0 Å². The molecule has 0 fully saturated rings. The van der Waals surface area contributed by atoms with Crippen LogP contribution in [0.4, 0.5) is 0 Å².